The highest BCUT2D eigenvalue weighted by molar-refractivity contribution is 5.77. The number of hydrogen-bond acceptors (Lipinski definition) is 2. The first-order valence-corrected chi connectivity index (χ1v) is 7.50. The smallest absolute Gasteiger partial charge is 0.310 e. The Kier molecular flexibility index (Phi) is 4.76. The summed E-state index contributed by atoms with van der Waals surface area (Å²) >= 11 is 0. The van der Waals surface area contributed by atoms with Crippen molar-refractivity contribution in [2.24, 2.45) is 0 Å². The van der Waals surface area contributed by atoms with Crippen LogP contribution in [0.2, 0.25) is 0 Å². The third-order valence-corrected chi connectivity index (χ3v) is 3.80. The number of aliphatic carboxylic acids is 1. The van der Waals surface area contributed by atoms with E-state index in [9.17, 15) is 15.0 Å². The average molecular weight is 292 g/mol. The van der Waals surface area contributed by atoms with Gasteiger partial charge in [-0.25, -0.2) is 0 Å². The van der Waals surface area contributed by atoms with Gasteiger partial charge < -0.3 is 10.2 Å². The van der Waals surface area contributed by atoms with Gasteiger partial charge >= 0.3 is 5.97 Å². The number of carboxylic acids is 1. The zero-order valence-corrected chi connectivity index (χ0v) is 14.2. The van der Waals surface area contributed by atoms with Crippen molar-refractivity contribution in [3.05, 3.63) is 28.8 Å². The molecular weight excluding hydrogens is 264 g/mol. The van der Waals surface area contributed by atoms with Crippen LogP contribution in [0.3, 0.4) is 0 Å². The quantitative estimate of drug-likeness (QED) is 0.858. The van der Waals surface area contributed by atoms with E-state index in [1.165, 1.54) is 0 Å². The van der Waals surface area contributed by atoms with Crippen LogP contribution >= 0.6 is 0 Å². The molecular formula is C18H28O3. The second-order valence-electron chi connectivity index (χ2n) is 7.72. The summed E-state index contributed by atoms with van der Waals surface area (Å²) in [5.41, 5.74) is 2.15. The fraction of sp³-hybridized carbons (Fsp3) is 0.611. The van der Waals surface area contributed by atoms with Gasteiger partial charge in [-0.2, -0.15) is 0 Å². The van der Waals surface area contributed by atoms with E-state index >= 15 is 0 Å². The molecule has 0 aromatic heterocycles. The molecule has 0 saturated carbocycles. The molecule has 1 aromatic rings. The van der Waals surface area contributed by atoms with Crippen molar-refractivity contribution in [1.82, 2.24) is 0 Å². The van der Waals surface area contributed by atoms with E-state index in [0.717, 1.165) is 16.7 Å². The summed E-state index contributed by atoms with van der Waals surface area (Å²) in [7, 11) is 0. The minimum absolute atomic E-state index is 0.237. The second-order valence-corrected chi connectivity index (χ2v) is 7.72. The van der Waals surface area contributed by atoms with Crippen molar-refractivity contribution >= 4 is 5.97 Å². The molecule has 118 valence electrons. The number of carboxylic acid groups (broad SMARTS) is 1. The van der Waals surface area contributed by atoms with E-state index < -0.39 is 11.9 Å². The monoisotopic (exact) mass is 292 g/mol. The van der Waals surface area contributed by atoms with Crippen molar-refractivity contribution in [1.29, 1.82) is 0 Å². The summed E-state index contributed by atoms with van der Waals surface area (Å²) in [4.78, 5) is 11.6. The predicted octanol–water partition coefficient (Wildman–Crippen LogP) is 4.57. The Balaban J connectivity index is 3.80. The summed E-state index contributed by atoms with van der Waals surface area (Å²) in [5, 5.41) is 19.9. The molecule has 0 aliphatic carbocycles. The molecule has 21 heavy (non-hydrogen) atoms. The minimum atomic E-state index is -0.812. The average Bonchev–Trinajstić information content (AvgIpc) is 2.27. The van der Waals surface area contributed by atoms with Crippen LogP contribution < -0.4 is 0 Å². The van der Waals surface area contributed by atoms with E-state index in [0.29, 0.717) is 6.42 Å². The number of aromatic hydroxyl groups is 1. The van der Waals surface area contributed by atoms with Crippen LogP contribution in [0.1, 0.15) is 77.5 Å². The van der Waals surface area contributed by atoms with Gasteiger partial charge in [-0.15, -0.1) is 0 Å². The number of rotatable bonds is 3. The van der Waals surface area contributed by atoms with Gasteiger partial charge in [-0.3, -0.25) is 4.79 Å². The molecule has 1 aromatic carbocycles. The molecule has 1 rings (SSSR count). The van der Waals surface area contributed by atoms with E-state index in [2.05, 4.69) is 20.8 Å². The van der Waals surface area contributed by atoms with Gasteiger partial charge in [0.25, 0.3) is 0 Å². The molecule has 0 fully saturated rings. The highest BCUT2D eigenvalue weighted by Gasteiger charge is 2.33. The van der Waals surface area contributed by atoms with Gasteiger partial charge in [0.15, 0.2) is 0 Å². The van der Waals surface area contributed by atoms with E-state index in [1.54, 1.807) is 12.1 Å². The number of benzene rings is 1. The number of phenolic OH excluding ortho intramolecular Hbond substituents is 1. The van der Waals surface area contributed by atoms with Crippen molar-refractivity contribution in [3.8, 4) is 5.75 Å². The number of carbonyl (C=O) groups is 1. The lowest BCUT2D eigenvalue weighted by Crippen LogP contribution is -2.26. The fourth-order valence-electron chi connectivity index (χ4n) is 2.99. The van der Waals surface area contributed by atoms with Crippen LogP contribution in [0.25, 0.3) is 0 Å². The van der Waals surface area contributed by atoms with Gasteiger partial charge in [0.1, 0.15) is 5.75 Å². The molecule has 0 spiro atoms. The largest absolute Gasteiger partial charge is 0.508 e. The zero-order valence-electron chi connectivity index (χ0n) is 14.2. The Morgan fingerprint density at radius 1 is 1.05 bits per heavy atom. The van der Waals surface area contributed by atoms with Crippen molar-refractivity contribution in [3.63, 3.8) is 0 Å². The van der Waals surface area contributed by atoms with E-state index in [1.807, 2.05) is 27.7 Å². The standard InChI is InChI=1S/C18H28O3/c1-8-11(16(20)21)12-9-10-13(19)15(18(5,6)7)14(12)17(2,3)4/h9-11,19H,8H2,1-7H3,(H,20,21). The Morgan fingerprint density at radius 2 is 1.52 bits per heavy atom. The van der Waals surface area contributed by atoms with Gasteiger partial charge in [-0.05, 0) is 34.4 Å². The van der Waals surface area contributed by atoms with Gasteiger partial charge in [-0.1, -0.05) is 54.5 Å². The molecule has 0 aliphatic heterocycles. The number of hydrogen-bond donors (Lipinski definition) is 2. The Hall–Kier alpha value is -1.51. The maximum atomic E-state index is 11.6. The van der Waals surface area contributed by atoms with Crippen molar-refractivity contribution < 1.29 is 15.0 Å². The van der Waals surface area contributed by atoms with Gasteiger partial charge in [0, 0.05) is 5.56 Å². The first-order valence-electron chi connectivity index (χ1n) is 7.50. The van der Waals surface area contributed by atoms with Crippen molar-refractivity contribution in [2.45, 2.75) is 71.6 Å². The fourth-order valence-corrected chi connectivity index (χ4v) is 2.99. The zero-order chi connectivity index (χ0) is 16.6. The maximum Gasteiger partial charge on any atom is 0.310 e. The normalized spacial score (nSPS) is 14.0. The van der Waals surface area contributed by atoms with Gasteiger partial charge in [0.2, 0.25) is 0 Å². The minimum Gasteiger partial charge on any atom is -0.508 e. The molecule has 0 amide bonds. The highest BCUT2D eigenvalue weighted by Crippen LogP contribution is 2.43. The Labute approximate surface area is 128 Å². The second kappa shape index (κ2) is 5.70. The molecule has 1 unspecified atom stereocenters. The number of phenols is 1. The van der Waals surface area contributed by atoms with Crippen LogP contribution in [0, 0.1) is 0 Å². The summed E-state index contributed by atoms with van der Waals surface area (Å²) in [5.74, 6) is -1.11. The van der Waals surface area contributed by atoms with Crippen LogP contribution in [0.15, 0.2) is 12.1 Å². The van der Waals surface area contributed by atoms with Crippen molar-refractivity contribution in [2.75, 3.05) is 0 Å². The van der Waals surface area contributed by atoms with Crippen LogP contribution in [0.5, 0.6) is 5.75 Å². The third-order valence-electron chi connectivity index (χ3n) is 3.80. The SMILES string of the molecule is CCC(C(=O)O)c1ccc(O)c(C(C)(C)C)c1C(C)(C)C. The highest BCUT2D eigenvalue weighted by atomic mass is 16.4. The molecule has 0 heterocycles. The molecule has 0 aliphatic rings. The molecule has 3 heteroatoms. The predicted molar refractivity (Wildman–Crippen MR) is 86.2 cm³/mol. The first-order chi connectivity index (χ1) is 9.41. The lowest BCUT2D eigenvalue weighted by molar-refractivity contribution is -0.138. The van der Waals surface area contributed by atoms with Crippen LogP contribution in [-0.4, -0.2) is 16.2 Å². The summed E-state index contributed by atoms with van der Waals surface area (Å²) in [6.45, 7) is 14.2. The summed E-state index contributed by atoms with van der Waals surface area (Å²) in [6.07, 6.45) is 0.534. The Morgan fingerprint density at radius 3 is 1.86 bits per heavy atom. The van der Waals surface area contributed by atoms with Gasteiger partial charge in [0.05, 0.1) is 5.92 Å². The maximum absolute atomic E-state index is 11.6. The molecule has 2 N–H and O–H groups in total. The topological polar surface area (TPSA) is 57.5 Å². The Bertz CT molecular complexity index is 531. The molecule has 0 bridgehead atoms. The first kappa shape index (κ1) is 17.5. The van der Waals surface area contributed by atoms with Crippen LogP contribution in [0.4, 0.5) is 0 Å². The van der Waals surface area contributed by atoms with E-state index in [4.69, 9.17) is 0 Å². The lowest BCUT2D eigenvalue weighted by Gasteiger charge is -2.34. The summed E-state index contributed by atoms with van der Waals surface area (Å²) in [6, 6.07) is 3.41. The lowest BCUT2D eigenvalue weighted by atomic mass is 9.70. The molecule has 0 saturated heterocycles. The molecule has 1 atom stereocenters. The third kappa shape index (κ3) is 3.58. The molecule has 3 nitrogen and oxygen atoms in total. The van der Waals surface area contributed by atoms with Crippen LogP contribution in [-0.2, 0) is 15.6 Å². The van der Waals surface area contributed by atoms with E-state index in [-0.39, 0.29) is 16.6 Å². The molecule has 0 radical (unpaired) electrons. The summed E-state index contributed by atoms with van der Waals surface area (Å²) < 4.78 is 0.